The molecule has 0 bridgehead atoms. The van der Waals surface area contributed by atoms with Crippen LogP contribution in [0.3, 0.4) is 0 Å². The van der Waals surface area contributed by atoms with Gasteiger partial charge in [-0.05, 0) is 50.1 Å². The van der Waals surface area contributed by atoms with Gasteiger partial charge in [0.15, 0.2) is 5.69 Å². The number of carbonyl (C=O) groups excluding carboxylic acids is 2. The molecule has 0 aromatic carbocycles. The van der Waals surface area contributed by atoms with E-state index in [1.807, 2.05) is 29.7 Å². The number of hydrogen-bond acceptors (Lipinski definition) is 3. The lowest BCUT2D eigenvalue weighted by atomic mass is 10.1. The van der Waals surface area contributed by atoms with Gasteiger partial charge in [-0.25, -0.2) is 4.52 Å². The monoisotopic (exact) mass is 397 g/mol. The summed E-state index contributed by atoms with van der Waals surface area (Å²) in [7, 11) is 0. The summed E-state index contributed by atoms with van der Waals surface area (Å²) in [5, 5.41) is 7.98. The van der Waals surface area contributed by atoms with E-state index in [-0.39, 0.29) is 17.9 Å². The van der Waals surface area contributed by atoms with Crippen LogP contribution in [-0.2, 0) is 6.54 Å². The Bertz CT molecular complexity index is 1100. The molecule has 3 aromatic heterocycles. The molecule has 1 fully saturated rings. The number of nitrogens with zero attached hydrogens (tertiary/aromatic N) is 4. The molecule has 4 heterocycles. The maximum absolute atomic E-state index is 13.1. The largest absolute Gasteiger partial charge is 0.348 e. The van der Waals surface area contributed by atoms with E-state index in [9.17, 15) is 9.59 Å². The first kappa shape index (κ1) is 17.3. The maximum Gasteiger partial charge on any atom is 0.275 e. The van der Waals surface area contributed by atoms with Crippen LogP contribution in [0, 0.1) is 0 Å². The van der Waals surface area contributed by atoms with E-state index in [0.29, 0.717) is 35.5 Å². The summed E-state index contributed by atoms with van der Waals surface area (Å²) < 4.78 is 3.64. The molecule has 1 N–H and O–H groups in total. The van der Waals surface area contributed by atoms with Crippen molar-refractivity contribution in [2.24, 2.45) is 0 Å². The van der Waals surface area contributed by atoms with Crippen LogP contribution in [-0.4, -0.2) is 43.5 Å². The fourth-order valence-electron chi connectivity index (χ4n) is 3.83. The third kappa shape index (κ3) is 2.86. The molecule has 0 spiro atoms. The van der Waals surface area contributed by atoms with Gasteiger partial charge in [0.1, 0.15) is 5.69 Å². The van der Waals surface area contributed by atoms with E-state index in [4.69, 9.17) is 11.6 Å². The zero-order valence-corrected chi connectivity index (χ0v) is 16.2. The van der Waals surface area contributed by atoms with Crippen molar-refractivity contribution in [2.75, 3.05) is 6.54 Å². The quantitative estimate of drug-likeness (QED) is 0.738. The Balaban J connectivity index is 1.40. The topological polar surface area (TPSA) is 71.6 Å². The molecule has 5 rings (SSSR count). The average Bonchev–Trinajstić information content (AvgIpc) is 3.22. The highest BCUT2D eigenvalue weighted by Gasteiger charge is 2.33. The summed E-state index contributed by atoms with van der Waals surface area (Å²) >= 11 is 6.01. The van der Waals surface area contributed by atoms with Crippen molar-refractivity contribution in [3.05, 3.63) is 58.6 Å². The fraction of sp³-hybridized carbons (Fsp3) is 0.350. The fourth-order valence-corrected chi connectivity index (χ4v) is 3.99. The molecule has 28 heavy (non-hydrogen) atoms. The van der Waals surface area contributed by atoms with Crippen molar-refractivity contribution in [3.8, 4) is 0 Å². The van der Waals surface area contributed by atoms with Crippen molar-refractivity contribution in [1.29, 1.82) is 0 Å². The number of hydrogen-bond donors (Lipinski definition) is 1. The van der Waals surface area contributed by atoms with Crippen LogP contribution in [0.2, 0.25) is 5.02 Å². The Hall–Kier alpha value is -2.80. The molecule has 1 saturated carbocycles. The Morgan fingerprint density at radius 3 is 2.79 bits per heavy atom. The molecule has 1 atom stereocenters. The third-order valence-electron chi connectivity index (χ3n) is 5.52. The number of rotatable bonds is 3. The van der Waals surface area contributed by atoms with Gasteiger partial charge in [-0.3, -0.25) is 9.59 Å². The Kier molecular flexibility index (Phi) is 3.94. The van der Waals surface area contributed by atoms with Crippen LogP contribution in [0.5, 0.6) is 0 Å². The van der Waals surface area contributed by atoms with Crippen molar-refractivity contribution >= 4 is 28.9 Å². The van der Waals surface area contributed by atoms with Crippen molar-refractivity contribution in [1.82, 2.24) is 24.4 Å². The molecule has 1 aliphatic heterocycles. The van der Waals surface area contributed by atoms with E-state index >= 15 is 0 Å². The Morgan fingerprint density at radius 2 is 2.00 bits per heavy atom. The first-order valence-corrected chi connectivity index (χ1v) is 9.85. The Morgan fingerprint density at radius 1 is 1.18 bits per heavy atom. The third-order valence-corrected chi connectivity index (χ3v) is 5.75. The second-order valence-electron chi connectivity index (χ2n) is 7.46. The summed E-state index contributed by atoms with van der Waals surface area (Å²) in [6.45, 7) is 3.10. The molecule has 7 nitrogen and oxygen atoms in total. The molecule has 0 radical (unpaired) electrons. The lowest BCUT2D eigenvalue weighted by molar-refractivity contribution is 0.0635. The minimum atomic E-state index is -0.142. The molecule has 1 aliphatic carbocycles. The summed E-state index contributed by atoms with van der Waals surface area (Å²) in [6, 6.07) is 9.35. The minimum absolute atomic E-state index is 0.0297. The summed E-state index contributed by atoms with van der Waals surface area (Å²) in [6.07, 6.45) is 3.80. The average molecular weight is 398 g/mol. The SMILES string of the molecule is CC1c2ccc(C(=O)NC3CC3)n2CCN1C(=O)c1cc2ccc(Cl)cn2n1. The van der Waals surface area contributed by atoms with Crippen molar-refractivity contribution in [3.63, 3.8) is 0 Å². The van der Waals surface area contributed by atoms with Gasteiger partial charge in [-0.2, -0.15) is 5.10 Å². The number of fused-ring (bicyclic) bond motifs is 2. The molecule has 3 aromatic rings. The van der Waals surface area contributed by atoms with E-state index < -0.39 is 0 Å². The number of carbonyl (C=O) groups is 2. The van der Waals surface area contributed by atoms with Gasteiger partial charge in [0.05, 0.1) is 16.6 Å². The van der Waals surface area contributed by atoms with E-state index in [1.165, 1.54) is 0 Å². The van der Waals surface area contributed by atoms with Gasteiger partial charge in [-0.1, -0.05) is 11.6 Å². The zero-order valence-electron chi connectivity index (χ0n) is 15.4. The number of nitrogens with one attached hydrogen (secondary N) is 1. The first-order valence-electron chi connectivity index (χ1n) is 9.47. The Labute approximate surface area is 166 Å². The first-order chi connectivity index (χ1) is 13.5. The molecular formula is C20H20ClN5O2. The van der Waals surface area contributed by atoms with Gasteiger partial charge in [0.25, 0.3) is 11.8 Å². The highest BCUT2D eigenvalue weighted by atomic mass is 35.5. The molecule has 2 aliphatic rings. The van der Waals surface area contributed by atoms with Crippen molar-refractivity contribution < 1.29 is 9.59 Å². The predicted molar refractivity (Wildman–Crippen MR) is 105 cm³/mol. The summed E-state index contributed by atoms with van der Waals surface area (Å²) in [4.78, 5) is 27.4. The lowest BCUT2D eigenvalue weighted by Crippen LogP contribution is -2.42. The van der Waals surface area contributed by atoms with E-state index in [2.05, 4.69) is 10.4 Å². The summed E-state index contributed by atoms with van der Waals surface area (Å²) in [5.41, 5.74) is 2.84. The van der Waals surface area contributed by atoms with Gasteiger partial charge in [0.2, 0.25) is 0 Å². The van der Waals surface area contributed by atoms with Crippen LogP contribution in [0.25, 0.3) is 5.52 Å². The van der Waals surface area contributed by atoms with E-state index in [1.54, 1.807) is 27.7 Å². The molecule has 8 heteroatoms. The molecule has 1 unspecified atom stereocenters. The van der Waals surface area contributed by atoms with Crippen LogP contribution >= 0.6 is 11.6 Å². The van der Waals surface area contributed by atoms with Gasteiger partial charge < -0.3 is 14.8 Å². The minimum Gasteiger partial charge on any atom is -0.348 e. The van der Waals surface area contributed by atoms with Gasteiger partial charge in [0, 0.05) is 31.0 Å². The number of amides is 2. The van der Waals surface area contributed by atoms with Crippen LogP contribution in [0.4, 0.5) is 0 Å². The number of pyridine rings is 1. The van der Waals surface area contributed by atoms with Crippen LogP contribution < -0.4 is 5.32 Å². The standard InChI is InChI=1S/C20H20ClN5O2/c1-12-17-6-7-18(19(27)22-14-3-4-14)25(17)9-8-24(12)20(28)16-10-15-5-2-13(21)11-26(15)23-16/h2,5-7,10-12,14H,3-4,8-9H2,1H3,(H,22,27). The highest BCUT2D eigenvalue weighted by Crippen LogP contribution is 2.29. The maximum atomic E-state index is 13.1. The normalized spacial score (nSPS) is 18.9. The molecular weight excluding hydrogens is 378 g/mol. The molecule has 144 valence electrons. The van der Waals surface area contributed by atoms with Crippen LogP contribution in [0.15, 0.2) is 36.5 Å². The second kappa shape index (κ2) is 6.38. The molecule has 2 amide bonds. The number of aromatic nitrogens is 3. The van der Waals surface area contributed by atoms with Crippen molar-refractivity contribution in [2.45, 2.75) is 38.4 Å². The number of halogens is 1. The van der Waals surface area contributed by atoms with Gasteiger partial charge in [-0.15, -0.1) is 0 Å². The predicted octanol–water partition coefficient (Wildman–Crippen LogP) is 2.90. The highest BCUT2D eigenvalue weighted by molar-refractivity contribution is 6.30. The van der Waals surface area contributed by atoms with Gasteiger partial charge >= 0.3 is 0 Å². The molecule has 0 saturated heterocycles. The smallest absolute Gasteiger partial charge is 0.275 e. The van der Waals surface area contributed by atoms with Crippen LogP contribution in [0.1, 0.15) is 52.5 Å². The summed E-state index contributed by atoms with van der Waals surface area (Å²) in [5.74, 6) is -0.151. The zero-order chi connectivity index (χ0) is 19.4. The second-order valence-corrected chi connectivity index (χ2v) is 7.90. The lowest BCUT2D eigenvalue weighted by Gasteiger charge is -2.35. The van der Waals surface area contributed by atoms with E-state index in [0.717, 1.165) is 24.1 Å².